The van der Waals surface area contributed by atoms with Crippen LogP contribution in [0, 0.1) is 0 Å². The highest BCUT2D eigenvalue weighted by molar-refractivity contribution is 5.99. The minimum atomic E-state index is -0.515. The van der Waals surface area contributed by atoms with Crippen LogP contribution in [0.5, 0.6) is 5.75 Å². The zero-order chi connectivity index (χ0) is 19.8. The average Bonchev–Trinajstić information content (AvgIpc) is 2.99. The lowest BCUT2D eigenvalue weighted by molar-refractivity contribution is 0.0716. The minimum absolute atomic E-state index is 0.0957. The first-order valence-corrected chi connectivity index (χ1v) is 9.01. The molecule has 7 heteroatoms. The van der Waals surface area contributed by atoms with E-state index >= 15 is 0 Å². The van der Waals surface area contributed by atoms with Crippen LogP contribution in [0.15, 0.2) is 51.9 Å². The fraction of sp³-hybridized carbons (Fsp3) is 0.286. The average molecular weight is 379 g/mol. The topological polar surface area (TPSA) is 75.9 Å². The Labute approximate surface area is 162 Å². The van der Waals surface area contributed by atoms with Gasteiger partial charge in [-0.3, -0.25) is 14.6 Å². The lowest BCUT2D eigenvalue weighted by atomic mass is 10.00. The largest absolute Gasteiger partial charge is 0.497 e. The standard InChI is InChI=1S/C21H21N3O4/c1-23(2)9-10-24-18(13-5-4-8-22-12-13)17-19(25)15-7-6-14(27-3)11-16(15)28-20(17)21(24)26/h4-8,11-12,18H,9-10H2,1-3H3/t18-/m1/s1. The molecule has 1 aliphatic rings. The molecule has 0 fully saturated rings. The smallest absolute Gasteiger partial charge is 0.290 e. The number of pyridine rings is 1. The predicted molar refractivity (Wildman–Crippen MR) is 105 cm³/mol. The zero-order valence-electron chi connectivity index (χ0n) is 16.0. The number of aromatic nitrogens is 1. The van der Waals surface area contributed by atoms with Gasteiger partial charge in [-0.2, -0.15) is 0 Å². The Morgan fingerprint density at radius 1 is 1.25 bits per heavy atom. The molecule has 1 amide bonds. The number of amides is 1. The van der Waals surface area contributed by atoms with E-state index < -0.39 is 6.04 Å². The summed E-state index contributed by atoms with van der Waals surface area (Å²) < 4.78 is 11.1. The van der Waals surface area contributed by atoms with E-state index in [-0.39, 0.29) is 17.1 Å². The molecule has 144 valence electrons. The number of rotatable bonds is 5. The molecule has 4 rings (SSSR count). The molecule has 0 N–H and O–H groups in total. The molecule has 0 unspecified atom stereocenters. The zero-order valence-corrected chi connectivity index (χ0v) is 16.0. The second kappa shape index (κ2) is 7.09. The van der Waals surface area contributed by atoms with Crippen molar-refractivity contribution in [2.24, 2.45) is 0 Å². The number of carbonyl (C=O) groups excluding carboxylic acids is 1. The number of hydrogen-bond acceptors (Lipinski definition) is 6. The maximum absolute atomic E-state index is 13.3. The van der Waals surface area contributed by atoms with Crippen LogP contribution in [0.2, 0.25) is 0 Å². The Hall–Kier alpha value is -3.19. The summed E-state index contributed by atoms with van der Waals surface area (Å²) in [5.41, 5.74) is 1.30. The van der Waals surface area contributed by atoms with Gasteiger partial charge in [0.1, 0.15) is 11.3 Å². The Morgan fingerprint density at radius 2 is 2.07 bits per heavy atom. The number of carbonyl (C=O) groups is 1. The molecule has 1 atom stereocenters. The van der Waals surface area contributed by atoms with E-state index in [1.165, 1.54) is 0 Å². The minimum Gasteiger partial charge on any atom is -0.497 e. The van der Waals surface area contributed by atoms with Crippen LogP contribution >= 0.6 is 0 Å². The van der Waals surface area contributed by atoms with E-state index in [1.807, 2.05) is 25.1 Å². The van der Waals surface area contributed by atoms with E-state index in [0.29, 0.717) is 35.4 Å². The van der Waals surface area contributed by atoms with Gasteiger partial charge in [-0.05, 0) is 37.9 Å². The van der Waals surface area contributed by atoms with Crippen molar-refractivity contribution in [1.29, 1.82) is 0 Å². The molecule has 0 saturated heterocycles. The van der Waals surface area contributed by atoms with Gasteiger partial charge in [0.2, 0.25) is 5.76 Å². The number of likely N-dealkylation sites (N-methyl/N-ethyl adjacent to an activating group) is 1. The summed E-state index contributed by atoms with van der Waals surface area (Å²) in [6.07, 6.45) is 3.36. The quantitative estimate of drug-likeness (QED) is 0.677. The normalized spacial score (nSPS) is 16.1. The van der Waals surface area contributed by atoms with Gasteiger partial charge in [-0.15, -0.1) is 0 Å². The fourth-order valence-electron chi connectivity index (χ4n) is 3.55. The van der Waals surface area contributed by atoms with Crippen molar-refractivity contribution in [3.8, 4) is 5.75 Å². The molecule has 0 saturated carbocycles. The van der Waals surface area contributed by atoms with Crippen molar-refractivity contribution in [2.45, 2.75) is 6.04 Å². The van der Waals surface area contributed by atoms with Gasteiger partial charge in [0.05, 0.1) is 24.1 Å². The maximum atomic E-state index is 13.3. The summed E-state index contributed by atoms with van der Waals surface area (Å²) in [6, 6.07) is 8.18. The van der Waals surface area contributed by atoms with Gasteiger partial charge in [-0.1, -0.05) is 6.07 Å². The van der Waals surface area contributed by atoms with Crippen LogP contribution in [-0.2, 0) is 0 Å². The van der Waals surface area contributed by atoms with Crippen LogP contribution < -0.4 is 10.2 Å². The number of benzene rings is 1. The highest BCUT2D eigenvalue weighted by Gasteiger charge is 2.42. The maximum Gasteiger partial charge on any atom is 0.290 e. The molecule has 1 aromatic carbocycles. The number of methoxy groups -OCH3 is 1. The SMILES string of the molecule is COc1ccc2c(=O)c3c(oc2c1)C(=O)N(CCN(C)C)[C@@H]3c1cccnc1. The van der Waals surface area contributed by atoms with Crippen LogP contribution in [0.4, 0.5) is 0 Å². The molecular weight excluding hydrogens is 358 g/mol. The van der Waals surface area contributed by atoms with Crippen molar-refractivity contribution in [3.63, 3.8) is 0 Å². The van der Waals surface area contributed by atoms with Crippen LogP contribution in [0.25, 0.3) is 11.0 Å². The number of ether oxygens (including phenoxy) is 1. The van der Waals surface area contributed by atoms with Crippen molar-refractivity contribution >= 4 is 16.9 Å². The fourth-order valence-corrected chi connectivity index (χ4v) is 3.55. The van der Waals surface area contributed by atoms with Gasteiger partial charge in [0.15, 0.2) is 5.43 Å². The number of nitrogens with zero attached hydrogens (tertiary/aromatic N) is 3. The van der Waals surface area contributed by atoms with Gasteiger partial charge in [-0.25, -0.2) is 0 Å². The van der Waals surface area contributed by atoms with Crippen molar-refractivity contribution < 1.29 is 13.9 Å². The summed E-state index contributed by atoms with van der Waals surface area (Å²) in [7, 11) is 5.42. The molecular formula is C21H21N3O4. The monoisotopic (exact) mass is 379 g/mol. The molecule has 28 heavy (non-hydrogen) atoms. The third kappa shape index (κ3) is 2.93. The van der Waals surface area contributed by atoms with Gasteiger partial charge in [0, 0.05) is 31.5 Å². The van der Waals surface area contributed by atoms with Gasteiger partial charge in [0.25, 0.3) is 5.91 Å². The predicted octanol–water partition coefficient (Wildman–Crippen LogP) is 2.30. The summed E-state index contributed by atoms with van der Waals surface area (Å²) in [4.78, 5) is 34.3. The van der Waals surface area contributed by atoms with Crippen molar-refractivity contribution in [2.75, 3.05) is 34.3 Å². The molecule has 0 radical (unpaired) electrons. The highest BCUT2D eigenvalue weighted by Crippen LogP contribution is 2.38. The lowest BCUT2D eigenvalue weighted by Crippen LogP contribution is -2.35. The second-order valence-corrected chi connectivity index (χ2v) is 7.03. The molecule has 0 spiro atoms. The molecule has 1 aliphatic heterocycles. The molecule has 7 nitrogen and oxygen atoms in total. The summed E-state index contributed by atoms with van der Waals surface area (Å²) in [5, 5.41) is 0.427. The molecule has 2 aromatic heterocycles. The number of hydrogen-bond donors (Lipinski definition) is 0. The molecule has 3 heterocycles. The molecule has 0 aliphatic carbocycles. The first-order chi connectivity index (χ1) is 13.5. The third-order valence-electron chi connectivity index (χ3n) is 4.96. The van der Waals surface area contributed by atoms with E-state index in [2.05, 4.69) is 4.98 Å². The van der Waals surface area contributed by atoms with Gasteiger partial charge >= 0.3 is 0 Å². The second-order valence-electron chi connectivity index (χ2n) is 7.03. The summed E-state index contributed by atoms with van der Waals surface area (Å²) in [6.45, 7) is 1.13. The van der Waals surface area contributed by atoms with E-state index in [1.54, 1.807) is 48.7 Å². The van der Waals surface area contributed by atoms with Crippen LogP contribution in [0.1, 0.15) is 27.7 Å². The Balaban J connectivity index is 1.93. The summed E-state index contributed by atoms with van der Waals surface area (Å²) in [5.74, 6) is 0.375. The van der Waals surface area contributed by atoms with Crippen LogP contribution in [-0.4, -0.2) is 55.0 Å². The van der Waals surface area contributed by atoms with Crippen LogP contribution in [0.3, 0.4) is 0 Å². The Bertz CT molecular complexity index is 1090. The number of fused-ring (bicyclic) bond motifs is 2. The first-order valence-electron chi connectivity index (χ1n) is 9.01. The van der Waals surface area contributed by atoms with E-state index in [0.717, 1.165) is 5.56 Å². The van der Waals surface area contributed by atoms with Gasteiger partial charge < -0.3 is 19.0 Å². The van der Waals surface area contributed by atoms with Crippen molar-refractivity contribution in [3.05, 3.63) is 69.8 Å². The van der Waals surface area contributed by atoms with Crippen molar-refractivity contribution in [1.82, 2.24) is 14.8 Å². The van der Waals surface area contributed by atoms with E-state index in [9.17, 15) is 9.59 Å². The third-order valence-corrected chi connectivity index (χ3v) is 4.96. The highest BCUT2D eigenvalue weighted by atomic mass is 16.5. The Kier molecular flexibility index (Phi) is 4.60. The Morgan fingerprint density at radius 3 is 2.75 bits per heavy atom. The first kappa shape index (κ1) is 18.2. The molecule has 0 bridgehead atoms. The molecule has 3 aromatic rings. The van der Waals surface area contributed by atoms with E-state index in [4.69, 9.17) is 9.15 Å². The summed E-state index contributed by atoms with van der Waals surface area (Å²) >= 11 is 0. The lowest BCUT2D eigenvalue weighted by Gasteiger charge is -2.26.